The Morgan fingerprint density at radius 3 is 2.65 bits per heavy atom. The monoisotopic (exact) mass is 287 g/mol. The molecule has 3 aromatic rings. The number of fused-ring (bicyclic) bond motifs is 3. The van der Waals surface area contributed by atoms with E-state index in [4.69, 9.17) is 0 Å². The molecule has 3 rings (SSSR count). The van der Waals surface area contributed by atoms with Crippen LogP contribution in [0.2, 0.25) is 0 Å². The predicted octanol–water partition coefficient (Wildman–Crippen LogP) is 3.90. The Balaban J connectivity index is 2.33. The van der Waals surface area contributed by atoms with Gasteiger partial charge in [0.2, 0.25) is 0 Å². The summed E-state index contributed by atoms with van der Waals surface area (Å²) in [4.78, 5) is 15.0. The minimum absolute atomic E-state index is 0.109. The molecule has 0 saturated carbocycles. The molecule has 0 atom stereocenters. The summed E-state index contributed by atoms with van der Waals surface area (Å²) in [5.74, 6) is 0.109. The Labute approximate surface area is 107 Å². The fourth-order valence-corrected chi connectivity index (χ4v) is 2.42. The molecule has 0 radical (unpaired) electrons. The van der Waals surface area contributed by atoms with Crippen LogP contribution in [0.25, 0.3) is 21.8 Å². The number of hydrogen-bond acceptors (Lipinski definition) is 1. The maximum absolute atomic E-state index is 11.7. The number of Topliss-reactive ketones (excluding diaryl/α,β-unsaturated/α-hetero) is 1. The molecule has 0 aliphatic rings. The first kappa shape index (κ1) is 10.5. The van der Waals surface area contributed by atoms with E-state index < -0.39 is 0 Å². The number of aromatic nitrogens is 1. The molecule has 2 nitrogen and oxygen atoms in total. The Morgan fingerprint density at radius 2 is 1.82 bits per heavy atom. The quantitative estimate of drug-likeness (QED) is 0.563. The zero-order valence-electron chi connectivity index (χ0n) is 9.03. The fourth-order valence-electron chi connectivity index (χ4n) is 2.10. The SMILES string of the molecule is O=C(CBr)c1ccc2[nH]c3ccccc3c2c1. The zero-order chi connectivity index (χ0) is 11.8. The Kier molecular flexibility index (Phi) is 2.48. The molecule has 1 N–H and O–H groups in total. The van der Waals surface area contributed by atoms with Crippen LogP contribution >= 0.6 is 15.9 Å². The van der Waals surface area contributed by atoms with E-state index in [0.717, 1.165) is 27.4 Å². The second kappa shape index (κ2) is 4.00. The standard InChI is InChI=1S/C14H10BrNO/c15-8-14(17)9-5-6-13-11(7-9)10-3-1-2-4-12(10)16-13/h1-7,16H,8H2. The number of benzene rings is 2. The molecule has 0 saturated heterocycles. The van der Waals surface area contributed by atoms with Crippen molar-refractivity contribution in [1.29, 1.82) is 0 Å². The molecule has 0 unspecified atom stereocenters. The van der Waals surface area contributed by atoms with Gasteiger partial charge in [-0.3, -0.25) is 4.79 Å². The molecular weight excluding hydrogens is 278 g/mol. The summed E-state index contributed by atoms with van der Waals surface area (Å²) in [5, 5.41) is 2.63. The third-order valence-corrected chi connectivity index (χ3v) is 3.46. The highest BCUT2D eigenvalue weighted by Crippen LogP contribution is 2.26. The molecule has 0 aliphatic heterocycles. The van der Waals surface area contributed by atoms with Crippen LogP contribution in [0.3, 0.4) is 0 Å². The number of carbonyl (C=O) groups excluding carboxylic acids is 1. The van der Waals surface area contributed by atoms with Crippen molar-refractivity contribution in [3.05, 3.63) is 48.0 Å². The van der Waals surface area contributed by atoms with Gasteiger partial charge in [0, 0.05) is 27.4 Å². The highest BCUT2D eigenvalue weighted by atomic mass is 79.9. The van der Waals surface area contributed by atoms with Gasteiger partial charge in [-0.2, -0.15) is 0 Å². The van der Waals surface area contributed by atoms with Crippen LogP contribution < -0.4 is 0 Å². The number of H-pyrrole nitrogens is 1. The zero-order valence-corrected chi connectivity index (χ0v) is 10.6. The van der Waals surface area contributed by atoms with Crippen molar-refractivity contribution in [2.75, 3.05) is 5.33 Å². The predicted molar refractivity (Wildman–Crippen MR) is 73.9 cm³/mol. The summed E-state index contributed by atoms with van der Waals surface area (Å²) in [6, 6.07) is 13.9. The largest absolute Gasteiger partial charge is 0.355 e. The van der Waals surface area contributed by atoms with Gasteiger partial charge < -0.3 is 4.98 Å². The number of ketones is 1. The molecule has 84 valence electrons. The van der Waals surface area contributed by atoms with Crippen LogP contribution in [0, 0.1) is 0 Å². The van der Waals surface area contributed by atoms with Crippen molar-refractivity contribution in [1.82, 2.24) is 4.98 Å². The molecule has 0 aliphatic carbocycles. The topological polar surface area (TPSA) is 32.9 Å². The third-order valence-electron chi connectivity index (χ3n) is 2.95. The van der Waals surface area contributed by atoms with Crippen molar-refractivity contribution >= 4 is 43.5 Å². The number of hydrogen-bond donors (Lipinski definition) is 1. The average molecular weight is 288 g/mol. The fraction of sp³-hybridized carbons (Fsp3) is 0.0714. The summed E-state index contributed by atoms with van der Waals surface area (Å²) >= 11 is 3.20. The number of halogens is 1. The van der Waals surface area contributed by atoms with Crippen LogP contribution in [0.4, 0.5) is 0 Å². The maximum Gasteiger partial charge on any atom is 0.173 e. The molecule has 0 fully saturated rings. The number of carbonyl (C=O) groups is 1. The highest BCUT2D eigenvalue weighted by Gasteiger charge is 2.08. The molecule has 3 heteroatoms. The highest BCUT2D eigenvalue weighted by molar-refractivity contribution is 9.09. The van der Waals surface area contributed by atoms with Crippen LogP contribution in [0.5, 0.6) is 0 Å². The van der Waals surface area contributed by atoms with Gasteiger partial charge in [-0.25, -0.2) is 0 Å². The first-order chi connectivity index (χ1) is 8.29. The van der Waals surface area contributed by atoms with E-state index in [1.807, 2.05) is 36.4 Å². The molecule has 1 aromatic heterocycles. The van der Waals surface area contributed by atoms with Gasteiger partial charge in [0.05, 0.1) is 5.33 Å². The maximum atomic E-state index is 11.7. The lowest BCUT2D eigenvalue weighted by Gasteiger charge is -1.97. The van der Waals surface area contributed by atoms with Gasteiger partial charge in [0.15, 0.2) is 5.78 Å². The van der Waals surface area contributed by atoms with Gasteiger partial charge >= 0.3 is 0 Å². The van der Waals surface area contributed by atoms with E-state index in [1.165, 1.54) is 0 Å². The Hall–Kier alpha value is -1.61. The smallest absolute Gasteiger partial charge is 0.173 e. The van der Waals surface area contributed by atoms with Gasteiger partial charge in [-0.15, -0.1) is 0 Å². The van der Waals surface area contributed by atoms with Crippen molar-refractivity contribution < 1.29 is 4.79 Å². The Morgan fingerprint density at radius 1 is 1.06 bits per heavy atom. The van der Waals surface area contributed by atoms with Crippen molar-refractivity contribution in [2.45, 2.75) is 0 Å². The summed E-state index contributed by atoms with van der Waals surface area (Å²) in [6.45, 7) is 0. The lowest BCUT2D eigenvalue weighted by Crippen LogP contribution is -1.98. The second-order valence-electron chi connectivity index (χ2n) is 3.99. The minimum atomic E-state index is 0.109. The summed E-state index contributed by atoms with van der Waals surface area (Å²) in [7, 11) is 0. The van der Waals surface area contributed by atoms with E-state index in [1.54, 1.807) is 0 Å². The van der Waals surface area contributed by atoms with Crippen molar-refractivity contribution in [3.63, 3.8) is 0 Å². The molecule has 2 aromatic carbocycles. The average Bonchev–Trinajstić information content (AvgIpc) is 2.75. The lowest BCUT2D eigenvalue weighted by molar-refractivity contribution is 0.102. The summed E-state index contributed by atoms with van der Waals surface area (Å²) < 4.78 is 0. The molecule has 1 heterocycles. The first-order valence-electron chi connectivity index (χ1n) is 5.39. The number of nitrogens with one attached hydrogen (secondary N) is 1. The van der Waals surface area contributed by atoms with Crippen LogP contribution in [0.15, 0.2) is 42.5 Å². The Bertz CT molecular complexity index is 714. The van der Waals surface area contributed by atoms with E-state index >= 15 is 0 Å². The van der Waals surface area contributed by atoms with E-state index in [-0.39, 0.29) is 5.78 Å². The number of rotatable bonds is 2. The number of aromatic amines is 1. The number of para-hydroxylation sites is 1. The van der Waals surface area contributed by atoms with Gasteiger partial charge in [0.1, 0.15) is 0 Å². The van der Waals surface area contributed by atoms with E-state index in [0.29, 0.717) is 5.33 Å². The summed E-state index contributed by atoms with van der Waals surface area (Å²) in [6.07, 6.45) is 0. The second-order valence-corrected chi connectivity index (χ2v) is 4.55. The van der Waals surface area contributed by atoms with Crippen LogP contribution in [-0.4, -0.2) is 16.1 Å². The van der Waals surface area contributed by atoms with E-state index in [9.17, 15) is 4.79 Å². The third kappa shape index (κ3) is 1.67. The molecule has 0 spiro atoms. The molecular formula is C14H10BrNO. The van der Waals surface area contributed by atoms with E-state index in [2.05, 4.69) is 27.0 Å². The van der Waals surface area contributed by atoms with Crippen molar-refractivity contribution in [3.8, 4) is 0 Å². The van der Waals surface area contributed by atoms with Gasteiger partial charge in [0.25, 0.3) is 0 Å². The van der Waals surface area contributed by atoms with Gasteiger partial charge in [-0.1, -0.05) is 34.1 Å². The van der Waals surface area contributed by atoms with Crippen molar-refractivity contribution in [2.24, 2.45) is 0 Å². The molecule has 0 bridgehead atoms. The van der Waals surface area contributed by atoms with Crippen LogP contribution in [-0.2, 0) is 0 Å². The number of alkyl halides is 1. The summed E-state index contributed by atoms with van der Waals surface area (Å²) in [5.41, 5.74) is 2.92. The lowest BCUT2D eigenvalue weighted by atomic mass is 10.1. The normalized spacial score (nSPS) is 11.1. The van der Waals surface area contributed by atoms with Gasteiger partial charge in [-0.05, 0) is 24.3 Å². The molecule has 17 heavy (non-hydrogen) atoms. The first-order valence-corrected chi connectivity index (χ1v) is 6.51. The molecule has 0 amide bonds. The van der Waals surface area contributed by atoms with Crippen LogP contribution in [0.1, 0.15) is 10.4 Å². The minimum Gasteiger partial charge on any atom is -0.355 e.